The van der Waals surface area contributed by atoms with Crippen LogP contribution in [0.25, 0.3) is 0 Å². The minimum atomic E-state index is -3.88. The highest BCUT2D eigenvalue weighted by molar-refractivity contribution is 7.92. The van der Waals surface area contributed by atoms with Crippen molar-refractivity contribution in [2.75, 3.05) is 24.1 Å². The van der Waals surface area contributed by atoms with E-state index < -0.39 is 15.9 Å². The van der Waals surface area contributed by atoms with E-state index in [2.05, 4.69) is 17.0 Å². The van der Waals surface area contributed by atoms with E-state index in [0.717, 1.165) is 24.8 Å². The van der Waals surface area contributed by atoms with Crippen molar-refractivity contribution >= 4 is 33.2 Å². The molecule has 0 aromatic heterocycles. The summed E-state index contributed by atoms with van der Waals surface area (Å²) in [6.45, 7) is 2.13. The number of hydrogen-bond acceptors (Lipinski definition) is 4. The molecule has 8 heteroatoms. The van der Waals surface area contributed by atoms with E-state index in [0.29, 0.717) is 16.9 Å². The highest BCUT2D eigenvalue weighted by atomic mass is 32.2. The van der Waals surface area contributed by atoms with Gasteiger partial charge in [0, 0.05) is 36.6 Å². The fourth-order valence-electron chi connectivity index (χ4n) is 3.33. The predicted octanol–water partition coefficient (Wildman–Crippen LogP) is 4.78. The summed E-state index contributed by atoms with van der Waals surface area (Å²) in [7, 11) is -0.585. The van der Waals surface area contributed by atoms with Gasteiger partial charge in [-0.25, -0.2) is 8.42 Å². The molecule has 0 spiro atoms. The van der Waals surface area contributed by atoms with Crippen LogP contribution in [0, 0.1) is 0 Å². The number of nitrogens with zero attached hydrogens (tertiary/aromatic N) is 1. The lowest BCUT2D eigenvalue weighted by molar-refractivity contribution is 0.0827. The van der Waals surface area contributed by atoms with Crippen LogP contribution in [0.4, 0.5) is 11.4 Å². The lowest BCUT2D eigenvalue weighted by Gasteiger charge is -2.12. The van der Waals surface area contributed by atoms with Crippen LogP contribution in [0.5, 0.6) is 0 Å². The summed E-state index contributed by atoms with van der Waals surface area (Å²) in [6.07, 6.45) is 3.13. The monoisotopic (exact) mass is 479 g/mol. The first-order valence-electron chi connectivity index (χ1n) is 11.0. The molecule has 0 atom stereocenters. The highest BCUT2D eigenvalue weighted by Gasteiger charge is 2.17. The standard InChI is InChI=1S/C26H29N3O4S/c1-4-5-8-19-13-15-22(16-14-19)28-34(32,33)24-12-7-9-20(18-24)25(30)27-23-11-6-10-21(17-23)26(31)29(2)3/h6-7,9-18,28H,4-5,8H2,1-3H3,(H,27,30). The second-order valence-corrected chi connectivity index (χ2v) is 9.85. The summed E-state index contributed by atoms with van der Waals surface area (Å²) in [4.78, 5) is 26.4. The van der Waals surface area contributed by atoms with Crippen LogP contribution in [0.2, 0.25) is 0 Å². The Balaban J connectivity index is 1.74. The first kappa shape index (κ1) is 25.0. The number of anilines is 2. The third-order valence-corrected chi connectivity index (χ3v) is 6.58. The molecule has 0 fully saturated rings. The maximum atomic E-state index is 12.9. The van der Waals surface area contributed by atoms with Crippen LogP contribution >= 0.6 is 0 Å². The van der Waals surface area contributed by atoms with Crippen LogP contribution in [0.15, 0.2) is 77.7 Å². The second kappa shape index (κ2) is 11.0. The average Bonchev–Trinajstić information content (AvgIpc) is 2.83. The van der Waals surface area contributed by atoms with Gasteiger partial charge in [-0.2, -0.15) is 0 Å². The van der Waals surface area contributed by atoms with Gasteiger partial charge in [-0.1, -0.05) is 37.6 Å². The Morgan fingerprint density at radius 3 is 2.21 bits per heavy atom. The predicted molar refractivity (Wildman–Crippen MR) is 135 cm³/mol. The van der Waals surface area contributed by atoms with Crippen molar-refractivity contribution in [2.24, 2.45) is 0 Å². The summed E-state index contributed by atoms with van der Waals surface area (Å²) in [5.74, 6) is -0.666. The Bertz CT molecular complexity index is 1270. The molecule has 178 valence electrons. The topological polar surface area (TPSA) is 95.6 Å². The van der Waals surface area contributed by atoms with Gasteiger partial charge >= 0.3 is 0 Å². The van der Waals surface area contributed by atoms with Gasteiger partial charge in [0.25, 0.3) is 21.8 Å². The van der Waals surface area contributed by atoms with Gasteiger partial charge in [-0.15, -0.1) is 0 Å². The SMILES string of the molecule is CCCCc1ccc(NS(=O)(=O)c2cccc(C(=O)Nc3cccc(C(=O)N(C)C)c3)c2)cc1. The van der Waals surface area contributed by atoms with E-state index in [1.165, 1.54) is 29.2 Å². The van der Waals surface area contributed by atoms with Crippen molar-refractivity contribution in [3.05, 3.63) is 89.5 Å². The lowest BCUT2D eigenvalue weighted by Crippen LogP contribution is -2.22. The van der Waals surface area contributed by atoms with Crippen LogP contribution < -0.4 is 10.0 Å². The molecule has 0 aliphatic rings. The molecule has 0 unspecified atom stereocenters. The molecule has 3 rings (SSSR count). The van der Waals surface area contributed by atoms with E-state index in [-0.39, 0.29) is 16.4 Å². The van der Waals surface area contributed by atoms with E-state index >= 15 is 0 Å². The van der Waals surface area contributed by atoms with Crippen LogP contribution in [-0.2, 0) is 16.4 Å². The number of benzene rings is 3. The Morgan fingerprint density at radius 2 is 1.53 bits per heavy atom. The van der Waals surface area contributed by atoms with E-state index in [4.69, 9.17) is 0 Å². The number of hydrogen-bond donors (Lipinski definition) is 2. The van der Waals surface area contributed by atoms with Crippen molar-refractivity contribution in [3.63, 3.8) is 0 Å². The quantitative estimate of drug-likeness (QED) is 0.462. The number of nitrogens with one attached hydrogen (secondary N) is 2. The molecule has 2 amide bonds. The molecule has 0 aliphatic heterocycles. The normalized spacial score (nSPS) is 11.0. The fourth-order valence-corrected chi connectivity index (χ4v) is 4.43. The molecule has 3 aromatic carbocycles. The highest BCUT2D eigenvalue weighted by Crippen LogP contribution is 2.20. The molecule has 3 aromatic rings. The first-order valence-corrected chi connectivity index (χ1v) is 12.5. The minimum Gasteiger partial charge on any atom is -0.345 e. The Kier molecular flexibility index (Phi) is 8.07. The summed E-state index contributed by atoms with van der Waals surface area (Å²) in [5.41, 5.74) is 2.66. The lowest BCUT2D eigenvalue weighted by atomic mass is 10.1. The second-order valence-electron chi connectivity index (χ2n) is 8.17. The van der Waals surface area contributed by atoms with Gasteiger partial charge in [0.2, 0.25) is 0 Å². The zero-order chi connectivity index (χ0) is 24.7. The maximum Gasteiger partial charge on any atom is 0.261 e. The molecule has 0 bridgehead atoms. The van der Waals surface area contributed by atoms with Crippen molar-refractivity contribution in [1.82, 2.24) is 4.90 Å². The third kappa shape index (κ3) is 6.45. The van der Waals surface area contributed by atoms with Crippen LogP contribution in [0.3, 0.4) is 0 Å². The number of unbranched alkanes of at least 4 members (excludes halogenated alkanes) is 1. The summed E-state index contributed by atoms with van der Waals surface area (Å²) in [5, 5.41) is 2.72. The third-order valence-electron chi connectivity index (χ3n) is 5.21. The number of amides is 2. The Hall–Kier alpha value is -3.65. The van der Waals surface area contributed by atoms with Crippen molar-refractivity contribution in [3.8, 4) is 0 Å². The van der Waals surface area contributed by atoms with Gasteiger partial charge in [-0.3, -0.25) is 14.3 Å². The molecular formula is C26H29N3O4S. The number of sulfonamides is 1. The van der Waals surface area contributed by atoms with Gasteiger partial charge in [-0.05, 0) is 66.9 Å². The molecule has 2 N–H and O–H groups in total. The van der Waals surface area contributed by atoms with Crippen LogP contribution in [-0.4, -0.2) is 39.2 Å². The summed E-state index contributed by atoms with van der Waals surface area (Å²) >= 11 is 0. The number of rotatable bonds is 9. The van der Waals surface area contributed by atoms with Gasteiger partial charge in [0.05, 0.1) is 4.90 Å². The zero-order valence-electron chi connectivity index (χ0n) is 19.5. The fraction of sp³-hybridized carbons (Fsp3) is 0.231. The van der Waals surface area contributed by atoms with E-state index in [9.17, 15) is 18.0 Å². The smallest absolute Gasteiger partial charge is 0.261 e. The molecule has 0 heterocycles. The molecule has 0 aliphatic carbocycles. The van der Waals surface area contributed by atoms with E-state index in [1.807, 2.05) is 12.1 Å². The Morgan fingerprint density at radius 1 is 0.853 bits per heavy atom. The Labute approximate surface area is 200 Å². The number of carbonyl (C=O) groups is 2. The molecule has 0 saturated heterocycles. The zero-order valence-corrected chi connectivity index (χ0v) is 20.4. The maximum absolute atomic E-state index is 12.9. The molecule has 34 heavy (non-hydrogen) atoms. The minimum absolute atomic E-state index is 0.0215. The largest absolute Gasteiger partial charge is 0.345 e. The van der Waals surface area contributed by atoms with E-state index in [1.54, 1.807) is 50.5 Å². The van der Waals surface area contributed by atoms with Gasteiger partial charge in [0.1, 0.15) is 0 Å². The van der Waals surface area contributed by atoms with Crippen molar-refractivity contribution in [2.45, 2.75) is 31.1 Å². The number of carbonyl (C=O) groups excluding carboxylic acids is 2. The summed E-state index contributed by atoms with van der Waals surface area (Å²) in [6, 6.07) is 19.7. The first-order chi connectivity index (χ1) is 16.2. The molecular weight excluding hydrogens is 450 g/mol. The molecule has 7 nitrogen and oxygen atoms in total. The molecule has 0 radical (unpaired) electrons. The van der Waals surface area contributed by atoms with Crippen molar-refractivity contribution < 1.29 is 18.0 Å². The van der Waals surface area contributed by atoms with Gasteiger partial charge in [0.15, 0.2) is 0 Å². The van der Waals surface area contributed by atoms with Crippen LogP contribution in [0.1, 0.15) is 46.0 Å². The average molecular weight is 480 g/mol. The number of aryl methyl sites for hydroxylation is 1. The summed E-state index contributed by atoms with van der Waals surface area (Å²) < 4.78 is 28.3. The van der Waals surface area contributed by atoms with Crippen molar-refractivity contribution in [1.29, 1.82) is 0 Å². The van der Waals surface area contributed by atoms with Gasteiger partial charge < -0.3 is 10.2 Å². The molecule has 0 saturated carbocycles.